The van der Waals surface area contributed by atoms with E-state index in [0.717, 1.165) is 24.0 Å². The molecule has 4 rings (SSSR count). The predicted molar refractivity (Wildman–Crippen MR) is 104 cm³/mol. The van der Waals surface area contributed by atoms with E-state index < -0.39 is 0 Å². The molecule has 1 saturated carbocycles. The van der Waals surface area contributed by atoms with Gasteiger partial charge < -0.3 is 10.6 Å². The van der Waals surface area contributed by atoms with Crippen molar-refractivity contribution in [1.82, 2.24) is 15.1 Å². The fourth-order valence-corrected chi connectivity index (χ4v) is 4.09. The molecule has 0 bridgehead atoms. The van der Waals surface area contributed by atoms with Gasteiger partial charge in [-0.25, -0.2) is 4.68 Å². The molecule has 1 aliphatic carbocycles. The molecule has 2 amide bonds. The Hall–Kier alpha value is -2.63. The normalized spacial score (nSPS) is 20.4. The Bertz CT molecular complexity index is 807. The molecule has 0 saturated heterocycles. The van der Waals surface area contributed by atoms with Gasteiger partial charge in [0, 0.05) is 18.0 Å². The molecule has 2 N–H and O–H groups in total. The number of fused-ring (bicyclic) bond motifs is 1. The van der Waals surface area contributed by atoms with Gasteiger partial charge >= 0.3 is 0 Å². The second kappa shape index (κ2) is 7.94. The van der Waals surface area contributed by atoms with E-state index in [1.807, 2.05) is 30.3 Å². The van der Waals surface area contributed by atoms with Gasteiger partial charge in [-0.3, -0.25) is 9.59 Å². The largest absolute Gasteiger partial charge is 0.353 e. The van der Waals surface area contributed by atoms with Crippen molar-refractivity contribution in [2.24, 2.45) is 5.92 Å². The Morgan fingerprint density at radius 2 is 1.89 bits per heavy atom. The summed E-state index contributed by atoms with van der Waals surface area (Å²) in [6.07, 6.45) is 8.94. The topological polar surface area (TPSA) is 76.0 Å². The highest BCUT2D eigenvalue weighted by Gasteiger charge is 2.31. The number of rotatable bonds is 4. The lowest BCUT2D eigenvalue weighted by Crippen LogP contribution is -2.40. The van der Waals surface area contributed by atoms with Crippen LogP contribution in [-0.2, 0) is 16.1 Å². The van der Waals surface area contributed by atoms with Crippen molar-refractivity contribution in [2.45, 2.75) is 57.5 Å². The molecule has 2 aromatic rings. The molecule has 6 heteroatoms. The molecule has 27 heavy (non-hydrogen) atoms. The molecule has 2 aliphatic rings. The third-order valence-electron chi connectivity index (χ3n) is 5.58. The summed E-state index contributed by atoms with van der Waals surface area (Å²) in [4.78, 5) is 25.0. The van der Waals surface area contributed by atoms with Crippen molar-refractivity contribution in [2.75, 3.05) is 5.32 Å². The van der Waals surface area contributed by atoms with E-state index in [2.05, 4.69) is 15.7 Å². The molecule has 1 unspecified atom stereocenters. The molecule has 1 aromatic carbocycles. The van der Waals surface area contributed by atoms with Gasteiger partial charge in [-0.05, 0) is 18.4 Å². The lowest BCUT2D eigenvalue weighted by molar-refractivity contribution is -0.128. The molecular formula is C21H26N4O2. The number of nitrogens with one attached hydrogen (secondary N) is 2. The first-order valence-corrected chi connectivity index (χ1v) is 9.92. The zero-order chi connectivity index (χ0) is 18.6. The number of aromatic nitrogens is 2. The Kier molecular flexibility index (Phi) is 5.23. The van der Waals surface area contributed by atoms with Gasteiger partial charge in [0.1, 0.15) is 5.82 Å². The van der Waals surface area contributed by atoms with Crippen molar-refractivity contribution in [3.05, 3.63) is 36.5 Å². The van der Waals surface area contributed by atoms with Crippen molar-refractivity contribution >= 4 is 17.6 Å². The van der Waals surface area contributed by atoms with Crippen LogP contribution in [0, 0.1) is 5.92 Å². The zero-order valence-corrected chi connectivity index (χ0v) is 15.5. The fourth-order valence-electron chi connectivity index (χ4n) is 4.09. The van der Waals surface area contributed by atoms with Gasteiger partial charge in [0.2, 0.25) is 11.8 Å². The van der Waals surface area contributed by atoms with Crippen molar-refractivity contribution in [3.63, 3.8) is 0 Å². The summed E-state index contributed by atoms with van der Waals surface area (Å²) in [6, 6.07) is 10.1. The van der Waals surface area contributed by atoms with E-state index in [-0.39, 0.29) is 30.2 Å². The van der Waals surface area contributed by atoms with Crippen molar-refractivity contribution < 1.29 is 9.59 Å². The Balaban J connectivity index is 1.41. The van der Waals surface area contributed by atoms with Crippen molar-refractivity contribution in [3.8, 4) is 11.1 Å². The number of carbonyl (C=O) groups is 2. The third kappa shape index (κ3) is 4.04. The molecule has 2 heterocycles. The van der Waals surface area contributed by atoms with Crippen LogP contribution in [0.3, 0.4) is 0 Å². The Morgan fingerprint density at radius 1 is 1.15 bits per heavy atom. The molecule has 0 spiro atoms. The highest BCUT2D eigenvalue weighted by molar-refractivity contribution is 5.98. The average molecular weight is 366 g/mol. The molecule has 1 atom stereocenters. The molecule has 1 aromatic heterocycles. The second-order valence-corrected chi connectivity index (χ2v) is 7.60. The molecule has 6 nitrogen and oxygen atoms in total. The van der Waals surface area contributed by atoms with E-state index in [0.29, 0.717) is 12.4 Å². The van der Waals surface area contributed by atoms with Crippen LogP contribution in [0.1, 0.15) is 44.9 Å². The summed E-state index contributed by atoms with van der Waals surface area (Å²) in [6.45, 7) is 0.437. The van der Waals surface area contributed by atoms with Gasteiger partial charge in [0.25, 0.3) is 0 Å². The van der Waals surface area contributed by atoms with E-state index >= 15 is 0 Å². The van der Waals surface area contributed by atoms with E-state index in [1.165, 1.54) is 25.7 Å². The quantitative estimate of drug-likeness (QED) is 0.815. The summed E-state index contributed by atoms with van der Waals surface area (Å²) in [5, 5.41) is 10.5. The van der Waals surface area contributed by atoms with Crippen LogP contribution >= 0.6 is 0 Å². The van der Waals surface area contributed by atoms with Gasteiger partial charge in [-0.1, -0.05) is 56.0 Å². The minimum absolute atomic E-state index is 0.0269. The average Bonchev–Trinajstić information content (AvgIpc) is 2.90. The second-order valence-electron chi connectivity index (χ2n) is 7.60. The maximum absolute atomic E-state index is 12.6. The minimum atomic E-state index is -0.383. The SMILES string of the molecule is O=C(CC1Cn2ncc(-c3ccccc3)c2NC1=O)NC1CCCCCC1. The minimum Gasteiger partial charge on any atom is -0.353 e. The predicted octanol–water partition coefficient (Wildman–Crippen LogP) is 3.35. The fraction of sp³-hybridized carbons (Fsp3) is 0.476. The van der Waals surface area contributed by atoms with Gasteiger partial charge in [-0.15, -0.1) is 0 Å². The maximum atomic E-state index is 12.6. The summed E-state index contributed by atoms with van der Waals surface area (Å²) in [7, 11) is 0. The number of hydrogen-bond acceptors (Lipinski definition) is 3. The number of anilines is 1. The van der Waals surface area contributed by atoms with Crippen LogP contribution in [0.5, 0.6) is 0 Å². The number of carbonyl (C=O) groups excluding carboxylic acids is 2. The molecule has 1 aliphatic heterocycles. The number of amides is 2. The van der Waals surface area contributed by atoms with Crippen LogP contribution in [0.4, 0.5) is 5.82 Å². The highest BCUT2D eigenvalue weighted by Crippen LogP contribution is 2.31. The first-order valence-electron chi connectivity index (χ1n) is 9.92. The van der Waals surface area contributed by atoms with Crippen LogP contribution < -0.4 is 10.6 Å². The van der Waals surface area contributed by atoms with Gasteiger partial charge in [0.15, 0.2) is 0 Å². The maximum Gasteiger partial charge on any atom is 0.231 e. The third-order valence-corrected chi connectivity index (χ3v) is 5.58. The lowest BCUT2D eigenvalue weighted by atomic mass is 10.0. The van der Waals surface area contributed by atoms with Crippen LogP contribution in [-0.4, -0.2) is 27.6 Å². The van der Waals surface area contributed by atoms with E-state index in [9.17, 15) is 9.59 Å². The summed E-state index contributed by atoms with van der Waals surface area (Å²) < 4.78 is 1.80. The van der Waals surface area contributed by atoms with Gasteiger partial charge in [-0.2, -0.15) is 5.10 Å². The number of nitrogens with zero attached hydrogens (tertiary/aromatic N) is 2. The zero-order valence-electron chi connectivity index (χ0n) is 15.5. The first kappa shape index (κ1) is 17.8. The standard InChI is InChI=1S/C21H26N4O2/c26-19(23-17-10-6-1-2-7-11-17)12-16-14-25-20(24-21(16)27)18(13-22-25)15-8-4-3-5-9-15/h3-5,8-9,13,16-17H,1-2,6-7,10-12,14H2,(H,23,26)(H,24,27). The smallest absolute Gasteiger partial charge is 0.231 e. The highest BCUT2D eigenvalue weighted by atomic mass is 16.2. The van der Waals surface area contributed by atoms with Crippen LogP contribution in [0.15, 0.2) is 36.5 Å². The monoisotopic (exact) mass is 366 g/mol. The van der Waals surface area contributed by atoms with Crippen LogP contribution in [0.2, 0.25) is 0 Å². The molecule has 142 valence electrons. The molecular weight excluding hydrogens is 340 g/mol. The van der Waals surface area contributed by atoms with Crippen molar-refractivity contribution in [1.29, 1.82) is 0 Å². The molecule has 1 fully saturated rings. The Labute approximate surface area is 159 Å². The van der Waals surface area contributed by atoms with E-state index in [4.69, 9.17) is 0 Å². The first-order chi connectivity index (χ1) is 13.2. The molecule has 0 radical (unpaired) electrons. The lowest BCUT2D eigenvalue weighted by Gasteiger charge is -2.25. The van der Waals surface area contributed by atoms with E-state index in [1.54, 1.807) is 10.9 Å². The summed E-state index contributed by atoms with van der Waals surface area (Å²) in [5.41, 5.74) is 1.92. The van der Waals surface area contributed by atoms with Gasteiger partial charge in [0.05, 0.1) is 18.7 Å². The number of hydrogen-bond donors (Lipinski definition) is 2. The van der Waals surface area contributed by atoms with Crippen LogP contribution in [0.25, 0.3) is 11.1 Å². The summed E-state index contributed by atoms with van der Waals surface area (Å²) in [5.74, 6) is 0.204. The summed E-state index contributed by atoms with van der Waals surface area (Å²) >= 11 is 0. The Morgan fingerprint density at radius 3 is 2.63 bits per heavy atom. The number of benzene rings is 1.